The molecule has 1 N–H and O–H groups in total. The van der Waals surface area contributed by atoms with E-state index in [9.17, 15) is 0 Å². The molecule has 0 saturated carbocycles. The van der Waals surface area contributed by atoms with Crippen molar-refractivity contribution in [1.29, 1.82) is 0 Å². The average Bonchev–Trinajstić information content (AvgIpc) is 2.43. The van der Waals surface area contributed by atoms with Gasteiger partial charge in [-0.25, -0.2) is 0 Å². The highest BCUT2D eigenvalue weighted by atomic mass is 35.5. The Morgan fingerprint density at radius 1 is 1.17 bits per heavy atom. The first-order valence-corrected chi connectivity index (χ1v) is 6.63. The van der Waals surface area contributed by atoms with Crippen molar-refractivity contribution in [3.63, 3.8) is 0 Å². The number of hydrogen-bond acceptors (Lipinski definition) is 2. The Hall–Kier alpha value is -1.25. The molecule has 0 aliphatic carbocycles. The van der Waals surface area contributed by atoms with Gasteiger partial charge in [0.1, 0.15) is 5.75 Å². The molecule has 2 rings (SSSR count). The second-order valence-corrected chi connectivity index (χ2v) is 4.67. The molecule has 0 amide bonds. The van der Waals surface area contributed by atoms with Crippen molar-refractivity contribution in [2.45, 2.75) is 12.5 Å². The topological polar surface area (TPSA) is 21.3 Å². The van der Waals surface area contributed by atoms with Gasteiger partial charge in [0.25, 0.3) is 0 Å². The third-order valence-electron chi connectivity index (χ3n) is 3.22. The monoisotopic (exact) mass is 263 g/mol. The van der Waals surface area contributed by atoms with E-state index in [1.165, 1.54) is 16.3 Å². The van der Waals surface area contributed by atoms with Crippen LogP contribution in [-0.4, -0.2) is 20.0 Å². The van der Waals surface area contributed by atoms with Crippen LogP contribution in [0.15, 0.2) is 36.4 Å². The number of alkyl halides is 1. The van der Waals surface area contributed by atoms with Gasteiger partial charge in [-0.2, -0.15) is 0 Å². The molecule has 0 spiro atoms. The number of halogens is 1. The first-order chi connectivity index (χ1) is 8.78. The summed E-state index contributed by atoms with van der Waals surface area (Å²) >= 11 is 5.83. The highest BCUT2D eigenvalue weighted by Gasteiger charge is 2.09. The summed E-state index contributed by atoms with van der Waals surface area (Å²) < 4.78 is 5.23. The van der Waals surface area contributed by atoms with Crippen LogP contribution in [0.3, 0.4) is 0 Å². The van der Waals surface area contributed by atoms with Crippen LogP contribution in [0.4, 0.5) is 0 Å². The molecule has 2 aromatic rings. The highest BCUT2D eigenvalue weighted by molar-refractivity contribution is 6.17. The molecule has 18 heavy (non-hydrogen) atoms. The van der Waals surface area contributed by atoms with Gasteiger partial charge < -0.3 is 10.1 Å². The van der Waals surface area contributed by atoms with Crippen LogP contribution in [0, 0.1) is 0 Å². The molecule has 0 heterocycles. The Morgan fingerprint density at radius 3 is 2.56 bits per heavy atom. The van der Waals surface area contributed by atoms with Gasteiger partial charge in [-0.15, -0.1) is 11.6 Å². The molecule has 0 aliphatic heterocycles. The number of fused-ring (bicyclic) bond motifs is 1. The lowest BCUT2D eigenvalue weighted by Gasteiger charge is -2.16. The second kappa shape index (κ2) is 6.07. The second-order valence-electron chi connectivity index (χ2n) is 4.29. The Kier molecular flexibility index (Phi) is 4.45. The largest absolute Gasteiger partial charge is 0.497 e. The summed E-state index contributed by atoms with van der Waals surface area (Å²) in [6, 6.07) is 12.9. The molecule has 0 radical (unpaired) electrons. The summed E-state index contributed by atoms with van der Waals surface area (Å²) in [4.78, 5) is 0. The molecule has 1 atom stereocenters. The molecule has 0 saturated heterocycles. The summed E-state index contributed by atoms with van der Waals surface area (Å²) in [5, 5.41) is 5.72. The Bertz CT molecular complexity index is 527. The summed E-state index contributed by atoms with van der Waals surface area (Å²) in [7, 11) is 3.66. The predicted molar refractivity (Wildman–Crippen MR) is 77.6 cm³/mol. The van der Waals surface area contributed by atoms with Crippen molar-refractivity contribution >= 4 is 22.4 Å². The maximum absolute atomic E-state index is 5.83. The van der Waals surface area contributed by atoms with E-state index in [4.69, 9.17) is 16.3 Å². The molecule has 0 aromatic heterocycles. The maximum Gasteiger partial charge on any atom is 0.119 e. The van der Waals surface area contributed by atoms with Gasteiger partial charge in [0, 0.05) is 11.9 Å². The van der Waals surface area contributed by atoms with Crippen LogP contribution in [-0.2, 0) is 0 Å². The summed E-state index contributed by atoms with van der Waals surface area (Å²) in [5.74, 6) is 1.55. The number of nitrogens with one attached hydrogen (secondary N) is 1. The first kappa shape index (κ1) is 13.2. The van der Waals surface area contributed by atoms with Crippen LogP contribution < -0.4 is 10.1 Å². The Labute approximate surface area is 113 Å². The highest BCUT2D eigenvalue weighted by Crippen LogP contribution is 2.25. The van der Waals surface area contributed by atoms with Crippen molar-refractivity contribution in [3.8, 4) is 5.75 Å². The number of ether oxygens (including phenoxy) is 1. The molecule has 0 fully saturated rings. The van der Waals surface area contributed by atoms with Crippen molar-refractivity contribution < 1.29 is 4.74 Å². The molecule has 0 aliphatic rings. The predicted octanol–water partition coefficient (Wildman–Crippen LogP) is 3.74. The summed E-state index contributed by atoms with van der Waals surface area (Å²) in [5.41, 5.74) is 1.27. The molecule has 2 nitrogen and oxygen atoms in total. The van der Waals surface area contributed by atoms with Crippen LogP contribution in [0.5, 0.6) is 5.75 Å². The van der Waals surface area contributed by atoms with Crippen molar-refractivity contribution in [1.82, 2.24) is 5.32 Å². The minimum atomic E-state index is 0.314. The van der Waals surface area contributed by atoms with Gasteiger partial charge in [0.05, 0.1) is 7.11 Å². The van der Waals surface area contributed by atoms with Gasteiger partial charge >= 0.3 is 0 Å². The number of hydrogen-bond donors (Lipinski definition) is 1. The summed E-state index contributed by atoms with van der Waals surface area (Å²) in [6.07, 6.45) is 0.930. The normalized spacial score (nSPS) is 12.6. The van der Waals surface area contributed by atoms with E-state index >= 15 is 0 Å². The van der Waals surface area contributed by atoms with E-state index in [1.807, 2.05) is 13.1 Å². The lowest BCUT2D eigenvalue weighted by molar-refractivity contribution is 0.415. The lowest BCUT2D eigenvalue weighted by Crippen LogP contribution is -2.16. The van der Waals surface area contributed by atoms with E-state index in [0.717, 1.165) is 12.2 Å². The minimum Gasteiger partial charge on any atom is -0.497 e. The molecular formula is C15H18ClNO. The van der Waals surface area contributed by atoms with E-state index in [1.54, 1.807) is 7.11 Å². The Morgan fingerprint density at radius 2 is 1.89 bits per heavy atom. The van der Waals surface area contributed by atoms with Gasteiger partial charge in [-0.05, 0) is 48.0 Å². The molecule has 2 aromatic carbocycles. The maximum atomic E-state index is 5.83. The van der Waals surface area contributed by atoms with Crippen molar-refractivity contribution in [3.05, 3.63) is 42.0 Å². The van der Waals surface area contributed by atoms with E-state index in [0.29, 0.717) is 11.9 Å². The zero-order chi connectivity index (χ0) is 13.0. The quantitative estimate of drug-likeness (QED) is 0.830. The van der Waals surface area contributed by atoms with Crippen molar-refractivity contribution in [2.24, 2.45) is 0 Å². The fourth-order valence-electron chi connectivity index (χ4n) is 2.17. The van der Waals surface area contributed by atoms with Gasteiger partial charge in [-0.3, -0.25) is 0 Å². The van der Waals surface area contributed by atoms with E-state index in [-0.39, 0.29) is 0 Å². The van der Waals surface area contributed by atoms with Crippen LogP contribution in [0.1, 0.15) is 18.0 Å². The van der Waals surface area contributed by atoms with Gasteiger partial charge in [-0.1, -0.05) is 18.2 Å². The van der Waals surface area contributed by atoms with Crippen LogP contribution in [0.2, 0.25) is 0 Å². The fourth-order valence-corrected chi connectivity index (χ4v) is 2.39. The SMILES string of the molecule is CNC(CCCl)c1ccc2cc(OC)ccc2c1. The summed E-state index contributed by atoms with van der Waals surface area (Å²) in [6.45, 7) is 0. The van der Waals surface area contributed by atoms with Crippen LogP contribution >= 0.6 is 11.6 Å². The third-order valence-corrected chi connectivity index (χ3v) is 3.44. The molecular weight excluding hydrogens is 246 g/mol. The molecule has 3 heteroatoms. The standard InChI is InChI=1S/C15H18ClNO/c1-17-15(7-8-16)13-4-3-12-10-14(18-2)6-5-11(12)9-13/h3-6,9-10,15,17H,7-8H2,1-2H3. The zero-order valence-corrected chi connectivity index (χ0v) is 11.5. The van der Waals surface area contributed by atoms with E-state index in [2.05, 4.69) is 35.6 Å². The van der Waals surface area contributed by atoms with Crippen LogP contribution in [0.25, 0.3) is 10.8 Å². The molecule has 0 bridgehead atoms. The smallest absolute Gasteiger partial charge is 0.119 e. The lowest BCUT2D eigenvalue weighted by atomic mass is 10.0. The number of rotatable bonds is 5. The van der Waals surface area contributed by atoms with E-state index < -0.39 is 0 Å². The number of benzene rings is 2. The minimum absolute atomic E-state index is 0.314. The van der Waals surface area contributed by atoms with Gasteiger partial charge in [0.15, 0.2) is 0 Å². The average molecular weight is 264 g/mol. The molecule has 96 valence electrons. The zero-order valence-electron chi connectivity index (χ0n) is 10.7. The third kappa shape index (κ3) is 2.77. The first-order valence-electron chi connectivity index (χ1n) is 6.09. The van der Waals surface area contributed by atoms with Gasteiger partial charge in [0.2, 0.25) is 0 Å². The van der Waals surface area contributed by atoms with Crippen molar-refractivity contribution in [2.75, 3.05) is 20.0 Å². The molecule has 1 unspecified atom stereocenters. The Balaban J connectivity index is 2.37. The number of methoxy groups -OCH3 is 1. The fraction of sp³-hybridized carbons (Fsp3) is 0.333.